The zero-order valence-electron chi connectivity index (χ0n) is 16.0. The van der Waals surface area contributed by atoms with Gasteiger partial charge >= 0.3 is 0 Å². The normalized spacial score (nSPS) is 54.2. The zero-order chi connectivity index (χ0) is 17.3. The van der Waals surface area contributed by atoms with Gasteiger partial charge in [-0.05, 0) is 80.0 Å². The number of rotatable bonds is 1. The Bertz CT molecular complexity index is 548. The predicted molar refractivity (Wildman–Crippen MR) is 95.4 cm³/mol. The molecule has 3 heteroatoms. The summed E-state index contributed by atoms with van der Waals surface area (Å²) in [6.45, 7) is 7.02. The molecule has 0 radical (unpaired) electrons. The van der Waals surface area contributed by atoms with E-state index in [4.69, 9.17) is 0 Å². The van der Waals surface area contributed by atoms with Crippen LogP contribution in [0.1, 0.15) is 78.6 Å². The summed E-state index contributed by atoms with van der Waals surface area (Å²) in [7, 11) is 2.03. The molecule has 1 N–H and O–H groups in total. The molecule has 1 aliphatic heterocycles. The van der Waals surface area contributed by atoms with Gasteiger partial charge in [-0.25, -0.2) is 0 Å². The van der Waals surface area contributed by atoms with Crippen LogP contribution < -0.4 is 0 Å². The minimum Gasteiger partial charge on any atom is -0.389 e. The Hall–Kier alpha value is -0.570. The number of piperidine rings is 1. The highest BCUT2D eigenvalue weighted by Gasteiger charge is 2.64. The molecule has 0 aromatic heterocycles. The maximum Gasteiger partial charge on any atom is 0.222 e. The highest BCUT2D eigenvalue weighted by molar-refractivity contribution is 5.77. The van der Waals surface area contributed by atoms with E-state index in [1.54, 1.807) is 0 Å². The van der Waals surface area contributed by atoms with Crippen molar-refractivity contribution in [2.24, 2.45) is 28.6 Å². The molecule has 4 fully saturated rings. The summed E-state index contributed by atoms with van der Waals surface area (Å²) in [5.74, 6) is 2.52. The monoisotopic (exact) mass is 333 g/mol. The standard InChI is InChI=1S/C21H35NO2/c1-5-21(24)13-9-16-14-6-7-17-19(2,11-10-18(23)22(17)4)15(14)8-12-20(16,21)3/h14-17,24H,5-13H2,1-4H3/t14-,15-,16+,17?,19-,20+,21?/m1/s1. The van der Waals surface area contributed by atoms with Crippen molar-refractivity contribution in [3.05, 3.63) is 0 Å². The highest BCUT2D eigenvalue weighted by Crippen LogP contribution is 2.67. The van der Waals surface area contributed by atoms with Crippen LogP contribution in [0.15, 0.2) is 0 Å². The minimum absolute atomic E-state index is 0.114. The fourth-order valence-electron chi connectivity index (χ4n) is 7.84. The van der Waals surface area contributed by atoms with E-state index in [9.17, 15) is 9.90 Å². The van der Waals surface area contributed by atoms with E-state index in [0.29, 0.717) is 23.3 Å². The van der Waals surface area contributed by atoms with Crippen LogP contribution >= 0.6 is 0 Å². The van der Waals surface area contributed by atoms with Crippen LogP contribution in [0.4, 0.5) is 0 Å². The molecular formula is C21H35NO2. The average Bonchev–Trinajstić information content (AvgIpc) is 2.84. The van der Waals surface area contributed by atoms with Gasteiger partial charge in [0.1, 0.15) is 0 Å². The Morgan fingerprint density at radius 2 is 1.79 bits per heavy atom. The second-order valence-electron chi connectivity index (χ2n) is 9.86. The zero-order valence-corrected chi connectivity index (χ0v) is 16.0. The second-order valence-corrected chi connectivity index (χ2v) is 9.86. The van der Waals surface area contributed by atoms with Gasteiger partial charge in [0.2, 0.25) is 5.91 Å². The molecule has 3 saturated carbocycles. The maximum atomic E-state index is 12.2. The van der Waals surface area contributed by atoms with Gasteiger partial charge in [-0.2, -0.15) is 0 Å². The Morgan fingerprint density at radius 3 is 2.50 bits per heavy atom. The quantitative estimate of drug-likeness (QED) is 0.788. The molecular weight excluding hydrogens is 298 g/mol. The minimum atomic E-state index is -0.445. The third kappa shape index (κ3) is 1.91. The number of amides is 1. The van der Waals surface area contributed by atoms with Crippen LogP contribution in [0, 0.1) is 28.6 Å². The average molecular weight is 334 g/mol. The van der Waals surface area contributed by atoms with E-state index in [2.05, 4.69) is 25.7 Å². The van der Waals surface area contributed by atoms with Crippen LogP contribution in [0.5, 0.6) is 0 Å². The van der Waals surface area contributed by atoms with Gasteiger partial charge in [0.25, 0.3) is 0 Å². The summed E-state index contributed by atoms with van der Waals surface area (Å²) in [6.07, 6.45) is 9.73. The van der Waals surface area contributed by atoms with Gasteiger partial charge in [0.05, 0.1) is 5.60 Å². The molecule has 2 unspecified atom stereocenters. The first-order valence-electron chi connectivity index (χ1n) is 10.2. The highest BCUT2D eigenvalue weighted by atomic mass is 16.3. The van der Waals surface area contributed by atoms with Gasteiger partial charge < -0.3 is 10.0 Å². The molecule has 24 heavy (non-hydrogen) atoms. The Balaban J connectivity index is 1.65. The smallest absolute Gasteiger partial charge is 0.222 e. The van der Waals surface area contributed by atoms with Crippen LogP contribution in [0.2, 0.25) is 0 Å². The second kappa shape index (κ2) is 5.22. The lowest BCUT2D eigenvalue weighted by atomic mass is 9.46. The first-order valence-corrected chi connectivity index (χ1v) is 10.2. The van der Waals surface area contributed by atoms with Crippen molar-refractivity contribution in [2.45, 2.75) is 90.2 Å². The Morgan fingerprint density at radius 1 is 1.08 bits per heavy atom. The van der Waals surface area contributed by atoms with Crippen LogP contribution in [0.3, 0.4) is 0 Å². The SMILES string of the molecule is CCC1(O)CC[C@H]2[C@@H]3CCC4N(C)C(=O)CC[C@]4(C)[C@@H]3CC[C@@]21C. The lowest BCUT2D eigenvalue weighted by Crippen LogP contribution is -2.62. The maximum absolute atomic E-state index is 12.2. The molecule has 3 aliphatic carbocycles. The molecule has 1 saturated heterocycles. The molecule has 1 heterocycles. The van der Waals surface area contributed by atoms with Crippen molar-refractivity contribution < 1.29 is 9.90 Å². The molecule has 3 nitrogen and oxygen atoms in total. The summed E-state index contributed by atoms with van der Waals surface area (Å²) >= 11 is 0. The first-order chi connectivity index (χ1) is 11.3. The third-order valence-electron chi connectivity index (χ3n) is 9.46. The van der Waals surface area contributed by atoms with Crippen molar-refractivity contribution in [2.75, 3.05) is 7.05 Å². The number of carbonyl (C=O) groups excluding carboxylic acids is 1. The molecule has 4 rings (SSSR count). The summed E-state index contributed by atoms with van der Waals surface area (Å²) in [4.78, 5) is 14.3. The van der Waals surface area contributed by atoms with E-state index >= 15 is 0 Å². The van der Waals surface area contributed by atoms with Crippen molar-refractivity contribution in [1.29, 1.82) is 0 Å². The summed E-state index contributed by atoms with van der Waals surface area (Å²) in [5.41, 5.74) is -0.0396. The molecule has 0 bridgehead atoms. The topological polar surface area (TPSA) is 40.5 Å². The van der Waals surface area contributed by atoms with E-state index in [1.165, 1.54) is 25.7 Å². The molecule has 0 aromatic carbocycles. The molecule has 0 spiro atoms. The number of hydrogen-bond acceptors (Lipinski definition) is 2. The molecule has 0 aromatic rings. The lowest BCUT2D eigenvalue weighted by Gasteiger charge is -2.62. The third-order valence-corrected chi connectivity index (χ3v) is 9.46. The van der Waals surface area contributed by atoms with Crippen LogP contribution in [-0.4, -0.2) is 34.6 Å². The Kier molecular flexibility index (Phi) is 3.67. The number of nitrogens with zero attached hydrogens (tertiary/aromatic N) is 1. The molecule has 136 valence electrons. The fourth-order valence-corrected chi connectivity index (χ4v) is 7.84. The number of carbonyl (C=O) groups is 1. The van der Waals surface area contributed by atoms with E-state index in [0.717, 1.165) is 43.9 Å². The summed E-state index contributed by atoms with van der Waals surface area (Å²) in [5, 5.41) is 11.3. The van der Waals surface area contributed by atoms with Gasteiger partial charge in [-0.1, -0.05) is 20.8 Å². The molecule has 1 amide bonds. The Labute approximate surface area is 147 Å². The van der Waals surface area contributed by atoms with Gasteiger partial charge in [-0.15, -0.1) is 0 Å². The molecule has 4 aliphatic rings. The van der Waals surface area contributed by atoms with Crippen molar-refractivity contribution in [1.82, 2.24) is 4.90 Å². The fraction of sp³-hybridized carbons (Fsp3) is 0.952. The van der Waals surface area contributed by atoms with Crippen molar-refractivity contribution in [3.63, 3.8) is 0 Å². The van der Waals surface area contributed by atoms with E-state index in [1.807, 2.05) is 7.05 Å². The lowest BCUT2D eigenvalue weighted by molar-refractivity contribution is -0.169. The first kappa shape index (κ1) is 16.9. The van der Waals surface area contributed by atoms with Gasteiger partial charge in [-0.3, -0.25) is 4.79 Å². The number of likely N-dealkylation sites (tertiary alicyclic amines) is 1. The van der Waals surface area contributed by atoms with Crippen molar-refractivity contribution in [3.8, 4) is 0 Å². The van der Waals surface area contributed by atoms with E-state index < -0.39 is 5.60 Å². The summed E-state index contributed by atoms with van der Waals surface area (Å²) in [6, 6.07) is 0.441. The number of hydrogen-bond donors (Lipinski definition) is 1. The van der Waals surface area contributed by atoms with E-state index in [-0.39, 0.29) is 5.41 Å². The number of fused-ring (bicyclic) bond motifs is 5. The van der Waals surface area contributed by atoms with Crippen LogP contribution in [0.25, 0.3) is 0 Å². The van der Waals surface area contributed by atoms with Gasteiger partial charge in [0, 0.05) is 19.5 Å². The predicted octanol–water partition coefficient (Wildman–Crippen LogP) is 3.99. The molecule has 7 atom stereocenters. The van der Waals surface area contributed by atoms with Crippen molar-refractivity contribution >= 4 is 5.91 Å². The van der Waals surface area contributed by atoms with Crippen LogP contribution in [-0.2, 0) is 4.79 Å². The largest absolute Gasteiger partial charge is 0.389 e. The van der Waals surface area contributed by atoms with Gasteiger partial charge in [0.15, 0.2) is 0 Å². The number of aliphatic hydroxyl groups is 1. The summed E-state index contributed by atoms with van der Waals surface area (Å²) < 4.78 is 0.